The van der Waals surface area contributed by atoms with Crippen LogP contribution < -0.4 is 5.32 Å². The Balaban J connectivity index is 2.30. The van der Waals surface area contributed by atoms with Crippen LogP contribution in [-0.2, 0) is 0 Å². The van der Waals surface area contributed by atoms with Crippen molar-refractivity contribution in [2.75, 3.05) is 5.32 Å². The lowest BCUT2D eigenvalue weighted by Gasteiger charge is -2.10. The molecule has 0 aromatic heterocycles. The molecule has 0 aliphatic heterocycles. The maximum atomic E-state index is 12.2. The number of carbonyl (C=O) groups excluding carboxylic acids is 1. The van der Waals surface area contributed by atoms with Crippen molar-refractivity contribution >= 4 is 59.4 Å². The van der Waals surface area contributed by atoms with Gasteiger partial charge in [-0.15, -0.1) is 0 Å². The largest absolute Gasteiger partial charge is 0.320 e. The summed E-state index contributed by atoms with van der Waals surface area (Å²) in [4.78, 5) is 12.2. The predicted molar refractivity (Wildman–Crippen MR) is 83.9 cm³/mol. The molecule has 1 N–H and O–H groups in total. The summed E-state index contributed by atoms with van der Waals surface area (Å²) in [5.74, 6) is -0.157. The summed E-state index contributed by atoms with van der Waals surface area (Å²) in [5.41, 5.74) is 1.32. The van der Waals surface area contributed by atoms with Gasteiger partial charge in [-0.3, -0.25) is 4.79 Å². The molecule has 0 bridgehead atoms. The van der Waals surface area contributed by atoms with Gasteiger partial charge in [-0.25, -0.2) is 0 Å². The molecule has 0 spiro atoms. The molecular formula is C13H8Br3NO. The fraction of sp³-hybridized carbons (Fsp3) is 0. The molecule has 5 heteroatoms. The number of carbonyl (C=O) groups is 1. The van der Waals surface area contributed by atoms with E-state index in [-0.39, 0.29) is 5.91 Å². The van der Waals surface area contributed by atoms with E-state index in [1.165, 1.54) is 0 Å². The van der Waals surface area contributed by atoms with Gasteiger partial charge in [0, 0.05) is 13.4 Å². The van der Waals surface area contributed by atoms with E-state index in [1.54, 1.807) is 6.07 Å². The number of anilines is 1. The third-order valence-electron chi connectivity index (χ3n) is 2.32. The first-order chi connectivity index (χ1) is 8.59. The van der Waals surface area contributed by atoms with E-state index < -0.39 is 0 Å². The van der Waals surface area contributed by atoms with Crippen molar-refractivity contribution in [1.82, 2.24) is 0 Å². The average molecular weight is 434 g/mol. The first-order valence-electron chi connectivity index (χ1n) is 5.09. The highest BCUT2D eigenvalue weighted by Crippen LogP contribution is 2.31. The third kappa shape index (κ3) is 3.02. The maximum absolute atomic E-state index is 12.2. The second-order valence-electron chi connectivity index (χ2n) is 3.53. The molecule has 0 aliphatic carbocycles. The van der Waals surface area contributed by atoms with Gasteiger partial charge in [0.1, 0.15) is 0 Å². The predicted octanol–water partition coefficient (Wildman–Crippen LogP) is 5.23. The van der Waals surface area contributed by atoms with Gasteiger partial charge in [0.15, 0.2) is 0 Å². The fourth-order valence-corrected chi connectivity index (χ4v) is 3.10. The number of hydrogen-bond acceptors (Lipinski definition) is 1. The van der Waals surface area contributed by atoms with Crippen LogP contribution in [0.15, 0.2) is 55.9 Å². The van der Waals surface area contributed by atoms with E-state index in [9.17, 15) is 4.79 Å². The highest BCUT2D eigenvalue weighted by atomic mass is 79.9. The Bertz CT molecular complexity index is 578. The van der Waals surface area contributed by atoms with Crippen LogP contribution >= 0.6 is 47.8 Å². The van der Waals surface area contributed by atoms with E-state index in [2.05, 4.69) is 53.1 Å². The van der Waals surface area contributed by atoms with Crippen molar-refractivity contribution in [3.8, 4) is 0 Å². The molecule has 0 radical (unpaired) electrons. The van der Waals surface area contributed by atoms with Crippen LogP contribution in [0, 0.1) is 0 Å². The second-order valence-corrected chi connectivity index (χ2v) is 6.09. The minimum atomic E-state index is -0.157. The SMILES string of the molecule is O=C(Nc1c(Br)cccc1Br)c1ccccc1Br. The Hall–Kier alpha value is -0.650. The Morgan fingerprint density at radius 1 is 0.833 bits per heavy atom. The van der Waals surface area contributed by atoms with Gasteiger partial charge < -0.3 is 5.32 Å². The lowest BCUT2D eigenvalue weighted by atomic mass is 10.2. The normalized spacial score (nSPS) is 10.2. The molecule has 2 aromatic carbocycles. The molecule has 1 amide bonds. The molecule has 18 heavy (non-hydrogen) atoms. The molecule has 2 rings (SSSR count). The molecule has 0 fully saturated rings. The van der Waals surface area contributed by atoms with Crippen LogP contribution in [0.2, 0.25) is 0 Å². The van der Waals surface area contributed by atoms with Gasteiger partial charge in [-0.2, -0.15) is 0 Å². The molecule has 0 saturated carbocycles. The van der Waals surface area contributed by atoms with Crippen LogP contribution in [0.1, 0.15) is 10.4 Å². The Kier molecular flexibility index (Phi) is 4.59. The van der Waals surface area contributed by atoms with Crippen molar-refractivity contribution in [2.24, 2.45) is 0 Å². The molecule has 0 unspecified atom stereocenters. The molecular weight excluding hydrogens is 426 g/mol. The van der Waals surface area contributed by atoms with Crippen molar-refractivity contribution in [1.29, 1.82) is 0 Å². The zero-order valence-electron chi connectivity index (χ0n) is 9.08. The lowest BCUT2D eigenvalue weighted by molar-refractivity contribution is 0.102. The first-order valence-corrected chi connectivity index (χ1v) is 7.47. The van der Waals surface area contributed by atoms with Crippen molar-refractivity contribution in [2.45, 2.75) is 0 Å². The summed E-state index contributed by atoms with van der Waals surface area (Å²) in [6, 6.07) is 12.9. The number of nitrogens with one attached hydrogen (secondary N) is 1. The Labute approximate surface area is 130 Å². The number of benzene rings is 2. The molecule has 2 nitrogen and oxygen atoms in total. The second kappa shape index (κ2) is 5.99. The van der Waals surface area contributed by atoms with Crippen LogP contribution in [0.25, 0.3) is 0 Å². The van der Waals surface area contributed by atoms with Gasteiger partial charge in [0.25, 0.3) is 5.91 Å². The smallest absolute Gasteiger partial charge is 0.256 e. The summed E-state index contributed by atoms with van der Waals surface area (Å²) in [6.45, 7) is 0. The van der Waals surface area contributed by atoms with Gasteiger partial charge >= 0.3 is 0 Å². The molecule has 0 aliphatic rings. The van der Waals surface area contributed by atoms with Gasteiger partial charge in [0.2, 0.25) is 0 Å². The molecule has 2 aromatic rings. The van der Waals surface area contributed by atoms with E-state index in [0.717, 1.165) is 19.1 Å². The highest BCUT2D eigenvalue weighted by molar-refractivity contribution is 9.11. The molecule has 0 saturated heterocycles. The zero-order valence-corrected chi connectivity index (χ0v) is 13.8. The maximum Gasteiger partial charge on any atom is 0.256 e. The van der Waals surface area contributed by atoms with Crippen LogP contribution in [0.4, 0.5) is 5.69 Å². The first kappa shape index (κ1) is 13.8. The molecule has 0 atom stereocenters. The van der Waals surface area contributed by atoms with Crippen LogP contribution in [0.3, 0.4) is 0 Å². The van der Waals surface area contributed by atoms with Gasteiger partial charge in [0.05, 0.1) is 11.3 Å². The Morgan fingerprint density at radius 2 is 1.39 bits per heavy atom. The number of amides is 1. The highest BCUT2D eigenvalue weighted by Gasteiger charge is 2.12. The summed E-state index contributed by atoms with van der Waals surface area (Å²) >= 11 is 10.2. The van der Waals surface area contributed by atoms with Crippen molar-refractivity contribution < 1.29 is 4.79 Å². The summed E-state index contributed by atoms with van der Waals surface area (Å²) in [6.07, 6.45) is 0. The van der Waals surface area contributed by atoms with E-state index >= 15 is 0 Å². The van der Waals surface area contributed by atoms with Crippen molar-refractivity contribution in [3.63, 3.8) is 0 Å². The van der Waals surface area contributed by atoms with E-state index in [4.69, 9.17) is 0 Å². The lowest BCUT2D eigenvalue weighted by Crippen LogP contribution is -2.13. The van der Waals surface area contributed by atoms with Crippen LogP contribution in [-0.4, -0.2) is 5.91 Å². The monoisotopic (exact) mass is 431 g/mol. The van der Waals surface area contributed by atoms with E-state index in [0.29, 0.717) is 5.56 Å². The fourth-order valence-electron chi connectivity index (χ4n) is 1.44. The topological polar surface area (TPSA) is 29.1 Å². The average Bonchev–Trinajstić information content (AvgIpc) is 2.34. The van der Waals surface area contributed by atoms with Gasteiger partial charge in [-0.1, -0.05) is 18.2 Å². The number of rotatable bonds is 2. The number of hydrogen-bond donors (Lipinski definition) is 1. The third-order valence-corrected chi connectivity index (χ3v) is 4.33. The Morgan fingerprint density at radius 3 is 2.00 bits per heavy atom. The minimum absolute atomic E-state index is 0.157. The molecule has 0 heterocycles. The number of halogens is 3. The zero-order chi connectivity index (χ0) is 13.1. The summed E-state index contributed by atoms with van der Waals surface area (Å²) in [5, 5.41) is 2.87. The quantitative estimate of drug-likeness (QED) is 0.690. The summed E-state index contributed by atoms with van der Waals surface area (Å²) in [7, 11) is 0. The van der Waals surface area contributed by atoms with Crippen LogP contribution in [0.5, 0.6) is 0 Å². The van der Waals surface area contributed by atoms with E-state index in [1.807, 2.05) is 36.4 Å². The summed E-state index contributed by atoms with van der Waals surface area (Å²) < 4.78 is 2.43. The number of para-hydroxylation sites is 1. The van der Waals surface area contributed by atoms with Gasteiger partial charge in [-0.05, 0) is 72.1 Å². The molecule has 92 valence electrons. The van der Waals surface area contributed by atoms with Crippen molar-refractivity contribution in [3.05, 3.63) is 61.4 Å². The minimum Gasteiger partial charge on any atom is -0.320 e. The standard InChI is InChI=1S/C13H8Br3NO/c14-9-5-2-1-4-8(9)13(18)17-12-10(15)6-3-7-11(12)16/h1-7H,(H,17,18).